The SMILES string of the molecule is Cc1ccc(C(=O)CN2CCC3(CCCC3)CC2)cc1C. The standard InChI is InChI=1S/C19H27NO/c1-15-5-6-17(13-16(15)2)18(21)14-20-11-9-19(10-12-20)7-3-4-8-19/h5-6,13H,3-4,7-12,14H2,1-2H3. The summed E-state index contributed by atoms with van der Waals surface area (Å²) in [6.07, 6.45) is 8.28. The van der Waals surface area contributed by atoms with Gasteiger partial charge in [-0.25, -0.2) is 0 Å². The van der Waals surface area contributed by atoms with E-state index in [0.29, 0.717) is 12.0 Å². The van der Waals surface area contributed by atoms with Gasteiger partial charge in [0.25, 0.3) is 0 Å². The Bertz CT molecular complexity index is 518. The van der Waals surface area contributed by atoms with Crippen molar-refractivity contribution in [2.75, 3.05) is 19.6 Å². The van der Waals surface area contributed by atoms with E-state index >= 15 is 0 Å². The van der Waals surface area contributed by atoms with Gasteiger partial charge in [-0.2, -0.15) is 0 Å². The van der Waals surface area contributed by atoms with Gasteiger partial charge in [-0.3, -0.25) is 9.69 Å². The van der Waals surface area contributed by atoms with Crippen LogP contribution in [0.25, 0.3) is 0 Å². The molecule has 3 rings (SSSR count). The predicted octanol–water partition coefficient (Wildman–Crippen LogP) is 4.14. The molecule has 0 aromatic heterocycles. The molecule has 0 radical (unpaired) electrons. The quantitative estimate of drug-likeness (QED) is 0.778. The molecule has 2 heteroatoms. The molecule has 0 N–H and O–H groups in total. The average molecular weight is 285 g/mol. The lowest BCUT2D eigenvalue weighted by Gasteiger charge is -2.39. The smallest absolute Gasteiger partial charge is 0.176 e. The summed E-state index contributed by atoms with van der Waals surface area (Å²) < 4.78 is 0. The number of carbonyl (C=O) groups is 1. The van der Waals surface area contributed by atoms with Gasteiger partial charge in [0.15, 0.2) is 5.78 Å². The fourth-order valence-corrected chi connectivity index (χ4v) is 4.02. The monoisotopic (exact) mass is 285 g/mol. The van der Waals surface area contributed by atoms with E-state index in [0.717, 1.165) is 18.7 Å². The lowest BCUT2D eigenvalue weighted by atomic mass is 9.77. The van der Waals surface area contributed by atoms with Crippen molar-refractivity contribution in [3.05, 3.63) is 34.9 Å². The summed E-state index contributed by atoms with van der Waals surface area (Å²) in [5.41, 5.74) is 3.98. The van der Waals surface area contributed by atoms with Crippen LogP contribution in [0.2, 0.25) is 0 Å². The van der Waals surface area contributed by atoms with E-state index < -0.39 is 0 Å². The van der Waals surface area contributed by atoms with E-state index in [1.807, 2.05) is 12.1 Å². The highest BCUT2D eigenvalue weighted by molar-refractivity contribution is 5.97. The molecule has 0 amide bonds. The lowest BCUT2D eigenvalue weighted by molar-refractivity contribution is 0.0797. The third-order valence-corrected chi connectivity index (χ3v) is 5.78. The molecular formula is C19H27NO. The fraction of sp³-hybridized carbons (Fsp3) is 0.632. The van der Waals surface area contributed by atoms with E-state index in [9.17, 15) is 4.79 Å². The molecule has 1 aliphatic heterocycles. The lowest BCUT2D eigenvalue weighted by Crippen LogP contribution is -2.41. The minimum Gasteiger partial charge on any atom is -0.296 e. The number of benzene rings is 1. The number of Topliss-reactive ketones (excluding diaryl/α,β-unsaturated/α-hetero) is 1. The van der Waals surface area contributed by atoms with Crippen molar-refractivity contribution < 1.29 is 4.79 Å². The number of nitrogens with zero attached hydrogens (tertiary/aromatic N) is 1. The number of rotatable bonds is 3. The highest BCUT2D eigenvalue weighted by Crippen LogP contribution is 2.46. The molecule has 0 unspecified atom stereocenters. The van der Waals surface area contributed by atoms with Gasteiger partial charge in [0, 0.05) is 5.56 Å². The van der Waals surface area contributed by atoms with E-state index in [-0.39, 0.29) is 5.78 Å². The summed E-state index contributed by atoms with van der Waals surface area (Å²) >= 11 is 0. The third-order valence-electron chi connectivity index (χ3n) is 5.78. The maximum absolute atomic E-state index is 12.4. The van der Waals surface area contributed by atoms with Crippen LogP contribution in [0, 0.1) is 19.3 Å². The zero-order valence-corrected chi connectivity index (χ0v) is 13.5. The molecule has 0 atom stereocenters. The molecule has 1 heterocycles. The summed E-state index contributed by atoms with van der Waals surface area (Å²) in [5.74, 6) is 0.278. The second-order valence-electron chi connectivity index (χ2n) is 7.21. The zero-order chi connectivity index (χ0) is 14.9. The number of hydrogen-bond donors (Lipinski definition) is 0. The molecule has 1 aliphatic carbocycles. The number of carbonyl (C=O) groups excluding carboxylic acids is 1. The number of ketones is 1. The zero-order valence-electron chi connectivity index (χ0n) is 13.5. The Morgan fingerprint density at radius 3 is 2.33 bits per heavy atom. The van der Waals surface area contributed by atoms with Crippen LogP contribution < -0.4 is 0 Å². The van der Waals surface area contributed by atoms with Crippen molar-refractivity contribution in [2.24, 2.45) is 5.41 Å². The molecule has 2 aliphatic rings. The Morgan fingerprint density at radius 1 is 1.05 bits per heavy atom. The van der Waals surface area contributed by atoms with Gasteiger partial charge < -0.3 is 0 Å². The van der Waals surface area contributed by atoms with Crippen LogP contribution in [0.5, 0.6) is 0 Å². The number of aryl methyl sites for hydroxylation is 2. The molecule has 2 fully saturated rings. The molecule has 0 bridgehead atoms. The molecule has 1 saturated heterocycles. The molecule has 1 saturated carbocycles. The third kappa shape index (κ3) is 3.21. The first-order valence-electron chi connectivity index (χ1n) is 8.41. The van der Waals surface area contributed by atoms with Gasteiger partial charge in [0.2, 0.25) is 0 Å². The van der Waals surface area contributed by atoms with Gasteiger partial charge >= 0.3 is 0 Å². The molecule has 1 aromatic rings. The second-order valence-corrected chi connectivity index (χ2v) is 7.21. The molecular weight excluding hydrogens is 258 g/mol. The normalized spacial score (nSPS) is 21.8. The Balaban J connectivity index is 1.57. The fourth-order valence-electron chi connectivity index (χ4n) is 4.02. The van der Waals surface area contributed by atoms with Gasteiger partial charge in [0.1, 0.15) is 0 Å². The van der Waals surface area contributed by atoms with Crippen LogP contribution in [-0.4, -0.2) is 30.3 Å². The van der Waals surface area contributed by atoms with Crippen molar-refractivity contribution in [2.45, 2.75) is 52.4 Å². The molecule has 21 heavy (non-hydrogen) atoms. The summed E-state index contributed by atoms with van der Waals surface area (Å²) in [5, 5.41) is 0. The summed E-state index contributed by atoms with van der Waals surface area (Å²) in [6, 6.07) is 6.08. The highest BCUT2D eigenvalue weighted by Gasteiger charge is 2.37. The second kappa shape index (κ2) is 5.92. The Kier molecular flexibility index (Phi) is 4.17. The van der Waals surface area contributed by atoms with Gasteiger partial charge in [-0.1, -0.05) is 25.0 Å². The number of likely N-dealkylation sites (tertiary alicyclic amines) is 1. The minimum absolute atomic E-state index is 0.278. The van der Waals surface area contributed by atoms with Crippen LogP contribution in [0.4, 0.5) is 0 Å². The summed E-state index contributed by atoms with van der Waals surface area (Å²) in [4.78, 5) is 14.8. The van der Waals surface area contributed by atoms with Gasteiger partial charge in [0.05, 0.1) is 6.54 Å². The average Bonchev–Trinajstić information content (AvgIpc) is 2.93. The largest absolute Gasteiger partial charge is 0.296 e. The first-order chi connectivity index (χ1) is 10.1. The maximum atomic E-state index is 12.4. The first kappa shape index (κ1) is 14.8. The predicted molar refractivity (Wildman–Crippen MR) is 86.8 cm³/mol. The van der Waals surface area contributed by atoms with Crippen LogP contribution in [0.1, 0.15) is 60.0 Å². The van der Waals surface area contributed by atoms with Crippen LogP contribution in [-0.2, 0) is 0 Å². The highest BCUT2D eigenvalue weighted by atomic mass is 16.1. The van der Waals surface area contributed by atoms with Crippen molar-refractivity contribution in [1.29, 1.82) is 0 Å². The van der Waals surface area contributed by atoms with Gasteiger partial charge in [-0.15, -0.1) is 0 Å². The van der Waals surface area contributed by atoms with E-state index in [4.69, 9.17) is 0 Å². The molecule has 1 spiro atoms. The van der Waals surface area contributed by atoms with Gasteiger partial charge in [-0.05, 0) is 75.2 Å². The Morgan fingerprint density at radius 2 is 1.71 bits per heavy atom. The van der Waals surface area contributed by atoms with E-state index in [1.165, 1.54) is 49.7 Å². The molecule has 2 nitrogen and oxygen atoms in total. The minimum atomic E-state index is 0.278. The Hall–Kier alpha value is -1.15. The number of piperidine rings is 1. The van der Waals surface area contributed by atoms with Crippen molar-refractivity contribution in [1.82, 2.24) is 4.90 Å². The summed E-state index contributed by atoms with van der Waals surface area (Å²) in [7, 11) is 0. The first-order valence-corrected chi connectivity index (χ1v) is 8.41. The van der Waals surface area contributed by atoms with Crippen LogP contribution in [0.3, 0.4) is 0 Å². The van der Waals surface area contributed by atoms with Crippen molar-refractivity contribution in [3.8, 4) is 0 Å². The van der Waals surface area contributed by atoms with Crippen LogP contribution in [0.15, 0.2) is 18.2 Å². The van der Waals surface area contributed by atoms with E-state index in [2.05, 4.69) is 24.8 Å². The molecule has 1 aromatic carbocycles. The van der Waals surface area contributed by atoms with Crippen LogP contribution >= 0.6 is 0 Å². The summed E-state index contributed by atoms with van der Waals surface area (Å²) in [6.45, 7) is 6.98. The number of hydrogen-bond acceptors (Lipinski definition) is 2. The van der Waals surface area contributed by atoms with E-state index in [1.54, 1.807) is 0 Å². The Labute approximate surface area is 128 Å². The molecule has 114 valence electrons. The van der Waals surface area contributed by atoms with Crippen molar-refractivity contribution in [3.63, 3.8) is 0 Å². The topological polar surface area (TPSA) is 20.3 Å². The van der Waals surface area contributed by atoms with Crippen molar-refractivity contribution >= 4 is 5.78 Å². The maximum Gasteiger partial charge on any atom is 0.176 e.